The Labute approximate surface area is 443 Å². The standard InChI is InChI=1S/C31H43BN2O7.C27H36BNO5/c1-29(2,3)39-28(36)34-13-9-10-21(34)18-38-27(35)33-26(14-19-17-37-23-12-8-7-11-22(19)23)32-40-25-16-20-15-24(30(20,4)5)31(25,6)41-32;1-26(2)19-13-22(26)27(3)23(14-19)33-28(34-27)24(29-25(30)32-15-17-8-4-5-9-17)12-18-16-31-21-11-7-6-10-20(18)21/h7-8,11-12,17,20-21,24-26H,9-10,13-16,18H2,1-6H3,(H,33,35);6-7,10-11,16-17,19,22-24H,4-5,8-9,12-15H2,1-3H3,(H,29,30)/t20-,21+,24-,25+,26-,31-;19-,22-,23+,24-,27-/m00/s1. The van der Waals surface area contributed by atoms with Gasteiger partial charge in [0, 0.05) is 17.3 Å². The van der Waals surface area contributed by atoms with E-state index < -0.39 is 37.5 Å². The van der Waals surface area contributed by atoms with Gasteiger partial charge in [-0.15, -0.1) is 0 Å². The van der Waals surface area contributed by atoms with E-state index in [4.69, 9.17) is 41.7 Å². The Bertz CT molecular complexity index is 2730. The smallest absolute Gasteiger partial charge is 0.464 e. The van der Waals surface area contributed by atoms with Crippen molar-refractivity contribution in [3.8, 4) is 0 Å². The van der Waals surface area contributed by atoms with Gasteiger partial charge in [-0.1, -0.05) is 76.9 Å². The third-order valence-corrected chi connectivity index (χ3v) is 19.5. The van der Waals surface area contributed by atoms with Gasteiger partial charge in [-0.2, -0.15) is 0 Å². The van der Waals surface area contributed by atoms with E-state index in [0.29, 0.717) is 55.6 Å². The number of hydrogen-bond acceptors (Lipinski definition) is 12. The number of alkyl carbamates (subject to hydrolysis) is 2. The summed E-state index contributed by atoms with van der Waals surface area (Å²) >= 11 is 0. The number of ether oxygens (including phenoxy) is 3. The summed E-state index contributed by atoms with van der Waals surface area (Å²) in [6.45, 7) is 20.5. The Morgan fingerprint density at radius 1 is 0.667 bits per heavy atom. The quantitative estimate of drug-likeness (QED) is 0.102. The number of likely N-dealkylation sites (tertiary alicyclic amines) is 1. The largest absolute Gasteiger partial charge is 0.482 e. The number of carbonyl (C=O) groups excluding carboxylic acids is 3. The molecule has 3 saturated heterocycles. The SMILES string of the molecule is CC(C)(C)OC(=O)N1CCC[C@@H]1COC(=O)N[C@@H](Cc1coc2ccccc12)B1O[C@@H]2C[C@@H]3C[C@@H](C3(C)C)[C@]2(C)O1.CC1(C)[C@@H]2C[C@H]3OB([C@H](Cc4coc5ccccc45)NC(=O)OCC4CCCC4)O[C@@]3(C)[C@H]1C2. The van der Waals surface area contributed by atoms with E-state index in [-0.39, 0.29) is 59.4 Å². The molecule has 0 radical (unpaired) electrons. The minimum absolute atomic E-state index is 0.00781. The molecular formula is C58H79B2N3O12. The molecule has 2 aromatic heterocycles. The number of carbonyl (C=O) groups is 3. The van der Waals surface area contributed by atoms with Gasteiger partial charge < -0.3 is 57.2 Å². The fraction of sp³-hybridized carbons (Fsp3) is 0.672. The first-order chi connectivity index (χ1) is 35.7. The van der Waals surface area contributed by atoms with Crippen LogP contribution in [-0.4, -0.2) is 104 Å². The summed E-state index contributed by atoms with van der Waals surface area (Å²) in [5.74, 6) is 1.82. The molecule has 11 atom stereocenters. The number of benzene rings is 2. The molecule has 7 saturated carbocycles. The maximum absolute atomic E-state index is 13.2. The molecule has 4 aromatic rings. The van der Waals surface area contributed by atoms with E-state index in [1.165, 1.54) is 19.3 Å². The van der Waals surface area contributed by atoms with Crippen LogP contribution in [0.15, 0.2) is 69.9 Å². The molecule has 404 valence electrons. The van der Waals surface area contributed by atoms with E-state index in [2.05, 4.69) is 58.2 Å². The monoisotopic (exact) mass is 1030 g/mol. The van der Waals surface area contributed by atoms with Gasteiger partial charge in [0.25, 0.3) is 0 Å². The first-order valence-electron chi connectivity index (χ1n) is 28.1. The highest BCUT2D eigenvalue weighted by Crippen LogP contribution is 2.67. The maximum atomic E-state index is 13.2. The van der Waals surface area contributed by atoms with Crippen LogP contribution in [0.4, 0.5) is 14.4 Å². The molecule has 3 amide bonds. The van der Waals surface area contributed by atoms with Crippen LogP contribution in [0.2, 0.25) is 0 Å². The van der Waals surface area contributed by atoms with E-state index in [1.54, 1.807) is 17.4 Å². The fourth-order valence-electron chi connectivity index (χ4n) is 14.9. The van der Waals surface area contributed by atoms with Gasteiger partial charge in [0.2, 0.25) is 0 Å². The van der Waals surface area contributed by atoms with Gasteiger partial charge >= 0.3 is 32.5 Å². The number of rotatable bonds is 12. The second-order valence-electron chi connectivity index (χ2n) is 25.9. The molecule has 2 N–H and O–H groups in total. The van der Waals surface area contributed by atoms with E-state index in [9.17, 15) is 14.4 Å². The minimum Gasteiger partial charge on any atom is -0.464 e. The van der Waals surface area contributed by atoms with Crippen molar-refractivity contribution in [1.29, 1.82) is 0 Å². The highest BCUT2D eigenvalue weighted by molar-refractivity contribution is 6.48. The zero-order valence-electron chi connectivity index (χ0n) is 45.7. The Morgan fingerprint density at radius 3 is 1.63 bits per heavy atom. The molecule has 14 rings (SSSR count). The molecule has 0 unspecified atom stereocenters. The van der Waals surface area contributed by atoms with E-state index >= 15 is 0 Å². The summed E-state index contributed by atoms with van der Waals surface area (Å²) in [7, 11) is -1.14. The minimum atomic E-state index is -0.619. The summed E-state index contributed by atoms with van der Waals surface area (Å²) in [6.07, 6.45) is 14.0. The third kappa shape index (κ3) is 9.98. The topological polar surface area (TPSA) is 169 Å². The molecule has 10 aliphatic rings. The Hall–Kier alpha value is -4.70. The second-order valence-corrected chi connectivity index (χ2v) is 25.9. The maximum Gasteiger partial charge on any atom is 0.482 e. The summed E-state index contributed by atoms with van der Waals surface area (Å²) in [5.41, 5.74) is 2.82. The molecule has 17 heteroatoms. The van der Waals surface area contributed by atoms with Crippen LogP contribution in [0.1, 0.15) is 138 Å². The normalized spacial score (nSPS) is 31.9. The van der Waals surface area contributed by atoms with Crippen LogP contribution in [0.3, 0.4) is 0 Å². The van der Waals surface area contributed by atoms with Crippen LogP contribution < -0.4 is 10.6 Å². The molecule has 2 aromatic carbocycles. The van der Waals surface area contributed by atoms with Crippen LogP contribution in [0, 0.1) is 40.4 Å². The molecule has 75 heavy (non-hydrogen) atoms. The number of hydrogen-bond donors (Lipinski definition) is 2. The zero-order valence-corrected chi connectivity index (χ0v) is 45.7. The molecule has 4 bridgehead atoms. The van der Waals surface area contributed by atoms with Crippen molar-refractivity contribution in [1.82, 2.24) is 15.5 Å². The summed E-state index contributed by atoms with van der Waals surface area (Å²) < 4.78 is 55.0. The van der Waals surface area contributed by atoms with Gasteiger partial charge in [-0.25, -0.2) is 14.4 Å². The number of para-hydroxylation sites is 2. The summed E-state index contributed by atoms with van der Waals surface area (Å²) in [6, 6.07) is 15.6. The zero-order chi connectivity index (χ0) is 52.7. The van der Waals surface area contributed by atoms with Crippen molar-refractivity contribution in [2.45, 2.75) is 186 Å². The molecule has 0 spiro atoms. The van der Waals surface area contributed by atoms with Gasteiger partial charge in [0.1, 0.15) is 23.4 Å². The summed E-state index contributed by atoms with van der Waals surface area (Å²) in [5, 5.41) is 8.22. The number of fused-ring (bicyclic) bond motifs is 2. The molecule has 10 fully saturated rings. The van der Waals surface area contributed by atoms with Crippen LogP contribution in [0.25, 0.3) is 21.9 Å². The lowest BCUT2D eigenvalue weighted by Crippen LogP contribution is -2.65. The number of furan rings is 2. The second kappa shape index (κ2) is 19.9. The number of nitrogens with one attached hydrogen (secondary N) is 2. The predicted molar refractivity (Wildman–Crippen MR) is 285 cm³/mol. The lowest BCUT2D eigenvalue weighted by atomic mass is 9.43. The molecule has 3 aliphatic heterocycles. The Balaban J connectivity index is 0.000000163. The highest BCUT2D eigenvalue weighted by atomic mass is 16.7. The average Bonchev–Trinajstić information content (AvgIpc) is 4.24. The molecule has 7 aliphatic carbocycles. The number of nitrogens with zero attached hydrogens (tertiary/aromatic N) is 1. The van der Waals surface area contributed by atoms with Crippen LogP contribution in [0.5, 0.6) is 0 Å². The van der Waals surface area contributed by atoms with E-state index in [1.807, 2.05) is 63.2 Å². The lowest BCUT2D eigenvalue weighted by Gasteiger charge is -2.64. The number of amides is 3. The lowest BCUT2D eigenvalue weighted by molar-refractivity contribution is -0.199. The highest BCUT2D eigenvalue weighted by Gasteiger charge is 2.70. The predicted octanol–water partition coefficient (Wildman–Crippen LogP) is 11.3. The van der Waals surface area contributed by atoms with E-state index in [0.717, 1.165) is 78.0 Å². The third-order valence-electron chi connectivity index (χ3n) is 19.5. The molecule has 5 heterocycles. The van der Waals surface area contributed by atoms with Gasteiger partial charge in [-0.05, 0) is 163 Å². The van der Waals surface area contributed by atoms with Gasteiger partial charge in [0.15, 0.2) is 0 Å². The van der Waals surface area contributed by atoms with Crippen LogP contribution in [-0.2, 0) is 45.7 Å². The van der Waals surface area contributed by atoms with Gasteiger partial charge in [-0.3, -0.25) is 0 Å². The Kier molecular flexibility index (Phi) is 13.9. The molecule has 15 nitrogen and oxygen atoms in total. The average molecular weight is 1030 g/mol. The van der Waals surface area contributed by atoms with Crippen molar-refractivity contribution >= 4 is 54.5 Å². The molecular weight excluding hydrogens is 952 g/mol. The van der Waals surface area contributed by atoms with Crippen LogP contribution >= 0.6 is 0 Å². The van der Waals surface area contributed by atoms with Crippen molar-refractivity contribution in [3.05, 3.63) is 72.2 Å². The van der Waals surface area contributed by atoms with Crippen molar-refractivity contribution < 1.29 is 56.0 Å². The van der Waals surface area contributed by atoms with Crippen molar-refractivity contribution in [3.63, 3.8) is 0 Å². The first-order valence-corrected chi connectivity index (χ1v) is 28.1. The van der Waals surface area contributed by atoms with Crippen molar-refractivity contribution in [2.75, 3.05) is 19.8 Å². The Morgan fingerprint density at radius 2 is 1.15 bits per heavy atom. The van der Waals surface area contributed by atoms with Gasteiger partial charge in [0.05, 0.1) is 60.5 Å². The fourth-order valence-corrected chi connectivity index (χ4v) is 14.9. The summed E-state index contributed by atoms with van der Waals surface area (Å²) in [4.78, 5) is 40.4. The van der Waals surface area contributed by atoms with Crippen molar-refractivity contribution in [2.24, 2.45) is 40.4 Å². The first kappa shape index (κ1) is 52.4.